The number of halogens is 2. The van der Waals surface area contributed by atoms with E-state index in [1.165, 1.54) is 36.4 Å². The Morgan fingerprint density at radius 2 is 1.96 bits per heavy atom. The van der Waals surface area contributed by atoms with E-state index in [2.05, 4.69) is 0 Å². The van der Waals surface area contributed by atoms with Crippen LogP contribution in [0.25, 0.3) is 6.08 Å². The number of phenolic OH excluding ortho intramolecular Hbond substituents is 1. The maximum absolute atomic E-state index is 14.1. The number of carbonyl (C=O) groups is 3. The molecule has 4 amide bonds. The summed E-state index contributed by atoms with van der Waals surface area (Å²) in [5.41, 5.74) is -0.225. The van der Waals surface area contributed by atoms with Gasteiger partial charge in [0.25, 0.3) is 11.8 Å². The summed E-state index contributed by atoms with van der Waals surface area (Å²) < 4.78 is 19.9. The summed E-state index contributed by atoms with van der Waals surface area (Å²) in [4.78, 5) is 37.7. The second-order valence-corrected chi connectivity index (χ2v) is 6.85. The maximum Gasteiger partial charge on any atom is 0.336 e. The van der Waals surface area contributed by atoms with Crippen molar-refractivity contribution in [3.8, 4) is 11.5 Å². The van der Waals surface area contributed by atoms with Gasteiger partial charge in [0.2, 0.25) is 0 Å². The topological polar surface area (TPSA) is 95.9 Å². The van der Waals surface area contributed by atoms with Gasteiger partial charge >= 0.3 is 6.03 Å². The number of amides is 4. The third-order valence-electron chi connectivity index (χ3n) is 3.86. The highest BCUT2D eigenvalue weighted by atomic mass is 127. The van der Waals surface area contributed by atoms with Crippen LogP contribution in [0, 0.1) is 9.39 Å². The van der Waals surface area contributed by atoms with E-state index in [0.29, 0.717) is 20.6 Å². The zero-order chi connectivity index (χ0) is 20.4. The Bertz CT molecular complexity index is 1020. The van der Waals surface area contributed by atoms with E-state index in [1.807, 2.05) is 27.9 Å². The summed E-state index contributed by atoms with van der Waals surface area (Å²) in [6.07, 6.45) is 1.25. The van der Waals surface area contributed by atoms with Gasteiger partial charge in [0.05, 0.1) is 15.9 Å². The van der Waals surface area contributed by atoms with Crippen molar-refractivity contribution in [2.75, 3.05) is 11.5 Å². The molecule has 1 heterocycles. The molecule has 0 saturated carbocycles. The molecule has 28 heavy (non-hydrogen) atoms. The van der Waals surface area contributed by atoms with Crippen LogP contribution in [0.3, 0.4) is 0 Å². The maximum atomic E-state index is 14.1. The van der Waals surface area contributed by atoms with Crippen LogP contribution >= 0.6 is 22.6 Å². The van der Waals surface area contributed by atoms with Crippen molar-refractivity contribution in [2.45, 2.75) is 6.92 Å². The van der Waals surface area contributed by atoms with Crippen LogP contribution < -0.4 is 15.0 Å². The molecule has 9 heteroatoms. The fraction of sp³-hybridized carbons (Fsp3) is 0.105. The van der Waals surface area contributed by atoms with Crippen LogP contribution in [0.2, 0.25) is 0 Å². The number of urea groups is 1. The number of carbonyl (C=O) groups excluding carboxylic acids is 3. The summed E-state index contributed by atoms with van der Waals surface area (Å²) in [7, 11) is 0. The fourth-order valence-electron chi connectivity index (χ4n) is 2.62. The minimum absolute atomic E-state index is 0.0628. The summed E-state index contributed by atoms with van der Waals surface area (Å²) in [5.74, 6) is -2.51. The highest BCUT2D eigenvalue weighted by Gasteiger charge is 2.38. The van der Waals surface area contributed by atoms with Crippen molar-refractivity contribution in [1.82, 2.24) is 5.32 Å². The summed E-state index contributed by atoms with van der Waals surface area (Å²) in [6.45, 7) is 2.05. The lowest BCUT2D eigenvalue weighted by Gasteiger charge is -2.26. The lowest BCUT2D eigenvalue weighted by atomic mass is 10.1. The molecule has 2 aromatic rings. The van der Waals surface area contributed by atoms with Gasteiger partial charge in [0, 0.05) is 0 Å². The molecule has 0 radical (unpaired) electrons. The lowest BCUT2D eigenvalue weighted by molar-refractivity contribution is -0.122. The number of rotatable bonds is 4. The number of aromatic hydroxyl groups is 1. The molecule has 0 aromatic heterocycles. The largest absolute Gasteiger partial charge is 0.504 e. The number of para-hydroxylation sites is 1. The van der Waals surface area contributed by atoms with E-state index in [-0.39, 0.29) is 22.8 Å². The summed E-state index contributed by atoms with van der Waals surface area (Å²) in [6, 6.07) is 7.21. The minimum Gasteiger partial charge on any atom is -0.504 e. The zero-order valence-electron chi connectivity index (χ0n) is 14.5. The molecule has 1 aliphatic rings. The number of nitrogens with one attached hydrogen (secondary N) is 1. The second-order valence-electron chi connectivity index (χ2n) is 5.69. The molecular weight excluding hydrogens is 482 g/mol. The van der Waals surface area contributed by atoms with Gasteiger partial charge in [0.1, 0.15) is 11.4 Å². The number of nitrogens with zero attached hydrogens (tertiary/aromatic N) is 1. The van der Waals surface area contributed by atoms with Gasteiger partial charge in [-0.2, -0.15) is 0 Å². The van der Waals surface area contributed by atoms with Gasteiger partial charge in [-0.25, -0.2) is 14.1 Å². The van der Waals surface area contributed by atoms with Gasteiger partial charge in [0.15, 0.2) is 11.5 Å². The molecule has 0 bridgehead atoms. The average Bonchev–Trinajstić information content (AvgIpc) is 2.64. The number of imide groups is 2. The number of ether oxygens (including phenoxy) is 1. The van der Waals surface area contributed by atoms with Crippen LogP contribution in [0.15, 0.2) is 42.0 Å². The van der Waals surface area contributed by atoms with Crippen LogP contribution in [-0.4, -0.2) is 29.6 Å². The minimum atomic E-state index is -1.03. The van der Waals surface area contributed by atoms with Crippen molar-refractivity contribution in [2.24, 2.45) is 0 Å². The van der Waals surface area contributed by atoms with Crippen LogP contribution in [-0.2, 0) is 9.59 Å². The zero-order valence-corrected chi connectivity index (χ0v) is 16.7. The highest BCUT2D eigenvalue weighted by Crippen LogP contribution is 2.34. The Kier molecular flexibility index (Phi) is 5.63. The van der Waals surface area contributed by atoms with Crippen molar-refractivity contribution < 1.29 is 28.6 Å². The van der Waals surface area contributed by atoms with Gasteiger partial charge < -0.3 is 9.84 Å². The van der Waals surface area contributed by atoms with Gasteiger partial charge in [-0.15, -0.1) is 0 Å². The average molecular weight is 496 g/mol. The Hall–Kier alpha value is -2.95. The van der Waals surface area contributed by atoms with Crippen molar-refractivity contribution in [1.29, 1.82) is 0 Å². The van der Waals surface area contributed by atoms with E-state index in [1.54, 1.807) is 6.92 Å². The molecule has 144 valence electrons. The van der Waals surface area contributed by atoms with Crippen molar-refractivity contribution >= 4 is 52.2 Å². The summed E-state index contributed by atoms with van der Waals surface area (Å²) in [5, 5.41) is 12.1. The SMILES string of the molecule is CCOc1cc(C=C2C(=O)NC(=O)N(c3ccccc3F)C2=O)cc(I)c1O. The number of hydrogen-bond acceptors (Lipinski definition) is 5. The molecular formula is C19H14FIN2O5. The number of phenols is 1. The fourth-order valence-corrected chi connectivity index (χ4v) is 3.24. The first kappa shape index (κ1) is 19.8. The first-order valence-electron chi connectivity index (χ1n) is 8.14. The molecule has 1 fully saturated rings. The van der Waals surface area contributed by atoms with Gasteiger partial charge in [-0.3, -0.25) is 14.9 Å². The lowest BCUT2D eigenvalue weighted by Crippen LogP contribution is -2.54. The van der Waals surface area contributed by atoms with E-state index in [9.17, 15) is 23.9 Å². The number of benzene rings is 2. The molecule has 0 unspecified atom stereocenters. The quantitative estimate of drug-likeness (QED) is 0.385. The molecule has 0 atom stereocenters. The molecule has 2 N–H and O–H groups in total. The predicted octanol–water partition coefficient (Wildman–Crippen LogP) is 3.20. The molecule has 1 aliphatic heterocycles. The van der Waals surface area contributed by atoms with Crippen LogP contribution in [0.4, 0.5) is 14.9 Å². The normalized spacial score (nSPS) is 15.8. The monoisotopic (exact) mass is 496 g/mol. The predicted molar refractivity (Wildman–Crippen MR) is 107 cm³/mol. The highest BCUT2D eigenvalue weighted by molar-refractivity contribution is 14.1. The molecule has 1 saturated heterocycles. The van der Waals surface area contributed by atoms with Crippen LogP contribution in [0.1, 0.15) is 12.5 Å². The Morgan fingerprint density at radius 1 is 1.25 bits per heavy atom. The van der Waals surface area contributed by atoms with Crippen LogP contribution in [0.5, 0.6) is 11.5 Å². The first-order chi connectivity index (χ1) is 13.3. The summed E-state index contributed by atoms with van der Waals surface area (Å²) >= 11 is 1.88. The first-order valence-corrected chi connectivity index (χ1v) is 9.22. The molecule has 3 rings (SSSR count). The van der Waals surface area contributed by atoms with Crippen molar-refractivity contribution in [3.63, 3.8) is 0 Å². The Balaban J connectivity index is 2.06. The smallest absolute Gasteiger partial charge is 0.336 e. The second kappa shape index (κ2) is 7.97. The van der Waals surface area contributed by atoms with Gasteiger partial charge in [-0.05, 0) is 65.4 Å². The number of hydrogen-bond donors (Lipinski definition) is 2. The molecule has 2 aromatic carbocycles. The van der Waals surface area contributed by atoms with Crippen molar-refractivity contribution in [3.05, 3.63) is 56.9 Å². The molecule has 0 spiro atoms. The Labute approximate surface area is 172 Å². The van der Waals surface area contributed by atoms with Gasteiger partial charge in [-0.1, -0.05) is 12.1 Å². The molecule has 0 aliphatic carbocycles. The van der Waals surface area contributed by atoms with E-state index in [0.717, 1.165) is 6.07 Å². The number of barbiturate groups is 1. The third kappa shape index (κ3) is 3.70. The third-order valence-corrected chi connectivity index (χ3v) is 4.68. The number of anilines is 1. The Morgan fingerprint density at radius 3 is 2.64 bits per heavy atom. The van der Waals surface area contributed by atoms with E-state index >= 15 is 0 Å². The van der Waals surface area contributed by atoms with E-state index < -0.39 is 23.7 Å². The molecule has 7 nitrogen and oxygen atoms in total. The standard InChI is InChI=1S/C19H14FIN2O5/c1-2-28-15-9-10(8-13(21)16(15)24)7-11-17(25)22-19(27)23(18(11)26)14-6-4-3-5-12(14)20/h3-9,24H,2H2,1H3,(H,22,25,27). The van der Waals surface area contributed by atoms with E-state index in [4.69, 9.17) is 4.74 Å².